The molecule has 1 aromatic heterocycles. The molecule has 0 saturated carbocycles. The van der Waals surface area contributed by atoms with Crippen LogP contribution < -0.4 is 5.56 Å². The zero-order chi connectivity index (χ0) is 14.9. The molecule has 104 valence electrons. The zero-order valence-corrected chi connectivity index (χ0v) is 10.6. The standard InChI is InChI=1S/C13H7ClF3NO2/c14-10-4-1-8(2-5-10)12(20)18-7-9(13(15,16)17)3-6-11(18)19/h1-7H. The lowest BCUT2D eigenvalue weighted by atomic mass is 10.2. The molecule has 0 N–H and O–H groups in total. The summed E-state index contributed by atoms with van der Waals surface area (Å²) in [5.41, 5.74) is -1.84. The van der Waals surface area contributed by atoms with Crippen LogP contribution in [0, 0.1) is 0 Å². The molecule has 0 aliphatic heterocycles. The number of aromatic nitrogens is 1. The Morgan fingerprint density at radius 1 is 1.05 bits per heavy atom. The van der Waals surface area contributed by atoms with Gasteiger partial charge in [0.1, 0.15) is 0 Å². The van der Waals surface area contributed by atoms with Gasteiger partial charge in [-0.25, -0.2) is 4.57 Å². The molecule has 0 aliphatic carbocycles. The molecule has 3 nitrogen and oxygen atoms in total. The molecule has 0 bridgehead atoms. The van der Waals surface area contributed by atoms with Crippen molar-refractivity contribution in [2.75, 3.05) is 0 Å². The molecule has 1 aromatic carbocycles. The van der Waals surface area contributed by atoms with Gasteiger partial charge in [-0.15, -0.1) is 0 Å². The molecule has 0 amide bonds. The topological polar surface area (TPSA) is 39.1 Å². The summed E-state index contributed by atoms with van der Waals surface area (Å²) in [6.07, 6.45) is -4.14. The summed E-state index contributed by atoms with van der Waals surface area (Å²) >= 11 is 5.65. The van der Waals surface area contributed by atoms with Crippen LogP contribution >= 0.6 is 11.6 Å². The van der Waals surface area contributed by atoms with Crippen LogP contribution in [0.5, 0.6) is 0 Å². The van der Waals surface area contributed by atoms with Crippen molar-refractivity contribution in [2.45, 2.75) is 6.18 Å². The van der Waals surface area contributed by atoms with Gasteiger partial charge in [0.15, 0.2) is 0 Å². The Labute approximate surface area is 116 Å². The van der Waals surface area contributed by atoms with Gasteiger partial charge in [0.05, 0.1) is 5.56 Å². The normalized spacial score (nSPS) is 11.4. The van der Waals surface area contributed by atoms with Crippen molar-refractivity contribution in [1.29, 1.82) is 0 Å². The van der Waals surface area contributed by atoms with E-state index in [1.165, 1.54) is 24.3 Å². The van der Waals surface area contributed by atoms with Crippen LogP contribution in [0.1, 0.15) is 15.9 Å². The molecular weight excluding hydrogens is 295 g/mol. The van der Waals surface area contributed by atoms with E-state index in [-0.39, 0.29) is 5.56 Å². The first kappa shape index (κ1) is 14.3. The van der Waals surface area contributed by atoms with Crippen LogP contribution in [0.2, 0.25) is 5.02 Å². The quantitative estimate of drug-likeness (QED) is 0.811. The highest BCUT2D eigenvalue weighted by Gasteiger charge is 2.31. The molecular formula is C13H7ClF3NO2. The smallest absolute Gasteiger partial charge is 0.269 e. The molecule has 0 spiro atoms. The fourth-order valence-corrected chi connectivity index (χ4v) is 1.67. The number of benzene rings is 1. The fourth-order valence-electron chi connectivity index (χ4n) is 1.55. The number of halogens is 4. The van der Waals surface area contributed by atoms with Gasteiger partial charge in [-0.1, -0.05) is 11.6 Å². The minimum absolute atomic E-state index is 0.0656. The number of rotatable bonds is 1. The van der Waals surface area contributed by atoms with Crippen molar-refractivity contribution in [2.24, 2.45) is 0 Å². The SMILES string of the molecule is O=C(c1ccc(Cl)cc1)n1cc(C(F)(F)F)ccc1=O. The van der Waals surface area contributed by atoms with Crippen LogP contribution in [0.4, 0.5) is 13.2 Å². The number of pyridine rings is 1. The summed E-state index contributed by atoms with van der Waals surface area (Å²) < 4.78 is 38.1. The molecule has 7 heteroatoms. The second kappa shape index (κ2) is 5.13. The molecule has 2 rings (SSSR count). The Kier molecular flexibility index (Phi) is 3.67. The Balaban J connectivity index is 2.49. The summed E-state index contributed by atoms with van der Waals surface area (Å²) in [5, 5.41) is 0.373. The van der Waals surface area contributed by atoms with Crippen molar-refractivity contribution in [3.05, 3.63) is 69.1 Å². The van der Waals surface area contributed by atoms with E-state index in [2.05, 4.69) is 0 Å². The third kappa shape index (κ3) is 2.91. The summed E-state index contributed by atoms with van der Waals surface area (Å²) in [7, 11) is 0. The Morgan fingerprint density at radius 3 is 2.20 bits per heavy atom. The van der Waals surface area contributed by atoms with Crippen LogP contribution in [-0.2, 0) is 6.18 Å². The van der Waals surface area contributed by atoms with Gasteiger partial charge < -0.3 is 0 Å². The highest BCUT2D eigenvalue weighted by Crippen LogP contribution is 2.28. The minimum Gasteiger partial charge on any atom is -0.269 e. The Hall–Kier alpha value is -2.08. The van der Waals surface area contributed by atoms with Crippen LogP contribution in [0.25, 0.3) is 0 Å². The highest BCUT2D eigenvalue weighted by molar-refractivity contribution is 6.30. The predicted molar refractivity (Wildman–Crippen MR) is 66.9 cm³/mol. The highest BCUT2D eigenvalue weighted by atomic mass is 35.5. The number of carbonyl (C=O) groups is 1. The van der Waals surface area contributed by atoms with E-state index in [1.54, 1.807) is 0 Å². The molecule has 0 aliphatic rings. The average Bonchev–Trinajstić information content (AvgIpc) is 2.38. The van der Waals surface area contributed by atoms with Gasteiger partial charge >= 0.3 is 6.18 Å². The van der Waals surface area contributed by atoms with Crippen molar-refractivity contribution in [3.63, 3.8) is 0 Å². The first-order chi connectivity index (χ1) is 9.29. The van der Waals surface area contributed by atoms with E-state index in [1.807, 2.05) is 0 Å². The van der Waals surface area contributed by atoms with Gasteiger partial charge in [0.2, 0.25) is 0 Å². The molecule has 1 heterocycles. The lowest BCUT2D eigenvalue weighted by Crippen LogP contribution is -2.27. The fraction of sp³-hybridized carbons (Fsp3) is 0.0769. The third-order valence-corrected chi connectivity index (χ3v) is 2.80. The maximum atomic E-state index is 12.6. The molecule has 0 unspecified atom stereocenters. The zero-order valence-electron chi connectivity index (χ0n) is 9.82. The van der Waals surface area contributed by atoms with E-state index in [0.717, 1.165) is 0 Å². The predicted octanol–water partition coefficient (Wildman–Crippen LogP) is 3.21. The van der Waals surface area contributed by atoms with Gasteiger partial charge in [0.25, 0.3) is 11.5 Å². The summed E-state index contributed by atoms with van der Waals surface area (Å²) in [6, 6.07) is 6.82. The number of hydrogen-bond donors (Lipinski definition) is 0. The van der Waals surface area contributed by atoms with Crippen molar-refractivity contribution in [3.8, 4) is 0 Å². The monoisotopic (exact) mass is 301 g/mol. The van der Waals surface area contributed by atoms with E-state index in [0.29, 0.717) is 27.9 Å². The number of alkyl halides is 3. The van der Waals surface area contributed by atoms with E-state index < -0.39 is 23.2 Å². The maximum Gasteiger partial charge on any atom is 0.417 e. The van der Waals surface area contributed by atoms with Crippen molar-refractivity contribution >= 4 is 17.5 Å². The van der Waals surface area contributed by atoms with E-state index >= 15 is 0 Å². The van der Waals surface area contributed by atoms with Crippen LogP contribution in [0.3, 0.4) is 0 Å². The largest absolute Gasteiger partial charge is 0.417 e. The summed E-state index contributed by atoms with van der Waals surface area (Å²) in [5.74, 6) is -0.849. The first-order valence-electron chi connectivity index (χ1n) is 5.39. The maximum absolute atomic E-state index is 12.6. The van der Waals surface area contributed by atoms with E-state index in [9.17, 15) is 22.8 Å². The number of carbonyl (C=O) groups excluding carboxylic acids is 1. The van der Waals surface area contributed by atoms with Crippen LogP contribution in [-0.4, -0.2) is 10.5 Å². The van der Waals surface area contributed by atoms with Crippen molar-refractivity contribution < 1.29 is 18.0 Å². The number of hydrogen-bond acceptors (Lipinski definition) is 2. The third-order valence-electron chi connectivity index (χ3n) is 2.55. The molecule has 0 atom stereocenters. The molecule has 20 heavy (non-hydrogen) atoms. The van der Waals surface area contributed by atoms with Crippen molar-refractivity contribution in [1.82, 2.24) is 4.57 Å². The van der Waals surface area contributed by atoms with E-state index in [4.69, 9.17) is 11.6 Å². The lowest BCUT2D eigenvalue weighted by Gasteiger charge is -2.09. The number of nitrogens with zero attached hydrogens (tertiary/aromatic N) is 1. The molecule has 0 radical (unpaired) electrons. The van der Waals surface area contributed by atoms with Gasteiger partial charge in [-0.3, -0.25) is 9.59 Å². The first-order valence-corrected chi connectivity index (χ1v) is 5.77. The van der Waals surface area contributed by atoms with Gasteiger partial charge in [-0.05, 0) is 30.3 Å². The minimum atomic E-state index is -4.63. The Bertz CT molecular complexity index is 705. The van der Waals surface area contributed by atoms with Crippen LogP contribution in [0.15, 0.2) is 47.4 Å². The average molecular weight is 302 g/mol. The Morgan fingerprint density at radius 2 is 1.65 bits per heavy atom. The second-order valence-corrected chi connectivity index (χ2v) is 4.37. The van der Waals surface area contributed by atoms with Gasteiger partial charge in [-0.2, -0.15) is 13.2 Å². The summed E-state index contributed by atoms with van der Waals surface area (Å²) in [6.45, 7) is 0. The summed E-state index contributed by atoms with van der Waals surface area (Å²) in [4.78, 5) is 23.5. The molecule has 0 saturated heterocycles. The molecule has 2 aromatic rings. The lowest BCUT2D eigenvalue weighted by molar-refractivity contribution is -0.137. The van der Waals surface area contributed by atoms with Gasteiger partial charge in [0, 0.05) is 22.8 Å². The second-order valence-electron chi connectivity index (χ2n) is 3.94. The molecule has 0 fully saturated rings.